The van der Waals surface area contributed by atoms with Gasteiger partial charge in [-0.2, -0.15) is 0 Å². The van der Waals surface area contributed by atoms with Crippen LogP contribution in [0.2, 0.25) is 0 Å². The van der Waals surface area contributed by atoms with Crippen LogP contribution in [0.25, 0.3) is 16.2 Å². The first-order valence-electron chi connectivity index (χ1n) is 10.7. The number of nitrogens with zero attached hydrogens (tertiary/aromatic N) is 2. The summed E-state index contributed by atoms with van der Waals surface area (Å²) in [5, 5.41) is 4.96. The first kappa shape index (κ1) is 21.1. The van der Waals surface area contributed by atoms with Gasteiger partial charge in [-0.15, -0.1) is 11.3 Å². The van der Waals surface area contributed by atoms with Gasteiger partial charge in [-0.05, 0) is 42.7 Å². The number of hydrogen-bond acceptors (Lipinski definition) is 4. The maximum Gasteiger partial charge on any atom is 0.230 e. The van der Waals surface area contributed by atoms with E-state index in [9.17, 15) is 4.79 Å². The van der Waals surface area contributed by atoms with Crippen LogP contribution in [0.3, 0.4) is 0 Å². The number of imidazole rings is 1. The minimum Gasteiger partial charge on any atom is -0.494 e. The van der Waals surface area contributed by atoms with Gasteiger partial charge in [0, 0.05) is 28.5 Å². The van der Waals surface area contributed by atoms with Crippen molar-refractivity contribution in [1.29, 1.82) is 0 Å². The van der Waals surface area contributed by atoms with Gasteiger partial charge in [0.2, 0.25) is 5.91 Å². The molecule has 0 unspecified atom stereocenters. The van der Waals surface area contributed by atoms with Gasteiger partial charge in [-0.1, -0.05) is 44.5 Å². The Kier molecular flexibility index (Phi) is 6.67. The lowest BCUT2D eigenvalue weighted by Crippen LogP contribution is -2.15. The monoisotopic (exact) mass is 433 g/mol. The van der Waals surface area contributed by atoms with Crippen molar-refractivity contribution < 1.29 is 9.53 Å². The zero-order valence-electron chi connectivity index (χ0n) is 17.9. The first-order valence-corrected chi connectivity index (χ1v) is 11.6. The van der Waals surface area contributed by atoms with Gasteiger partial charge >= 0.3 is 0 Å². The number of hydrogen-bond donors (Lipinski definition) is 1. The average Bonchev–Trinajstić information content (AvgIpc) is 3.37. The molecule has 5 nitrogen and oxygen atoms in total. The van der Waals surface area contributed by atoms with Crippen molar-refractivity contribution >= 4 is 27.9 Å². The van der Waals surface area contributed by atoms with E-state index >= 15 is 0 Å². The highest BCUT2D eigenvalue weighted by Crippen LogP contribution is 2.25. The SMILES string of the molecule is CCCCOc1ccc(NC(=O)Cc2csc3nc(-c4ccc(CC)cc4)cn23)cc1. The van der Waals surface area contributed by atoms with E-state index in [0.29, 0.717) is 13.0 Å². The second-order valence-electron chi connectivity index (χ2n) is 7.51. The Morgan fingerprint density at radius 3 is 2.58 bits per heavy atom. The zero-order chi connectivity index (χ0) is 21.6. The molecule has 1 N–H and O–H groups in total. The molecule has 0 fully saturated rings. The summed E-state index contributed by atoms with van der Waals surface area (Å²) in [7, 11) is 0. The minimum atomic E-state index is -0.0538. The zero-order valence-corrected chi connectivity index (χ0v) is 18.7. The standard InChI is InChI=1S/C25H27N3O2S/c1-3-5-14-30-22-12-10-20(11-13-22)26-24(29)15-21-17-31-25-27-23(16-28(21)25)19-8-6-18(4-2)7-9-19/h6-13,16-17H,3-5,14-15H2,1-2H3,(H,26,29). The van der Waals surface area contributed by atoms with Gasteiger partial charge in [0.05, 0.1) is 18.7 Å². The Labute approximate surface area is 186 Å². The number of unbranched alkanes of at least 4 members (excludes halogenated alkanes) is 1. The molecule has 6 heteroatoms. The predicted octanol–water partition coefficient (Wildman–Crippen LogP) is 5.99. The van der Waals surface area contributed by atoms with Gasteiger partial charge in [0.1, 0.15) is 5.75 Å². The Morgan fingerprint density at radius 1 is 1.10 bits per heavy atom. The molecule has 2 heterocycles. The number of carbonyl (C=O) groups is 1. The number of thiazole rings is 1. The number of rotatable bonds is 9. The molecule has 0 aliphatic heterocycles. The molecule has 0 saturated carbocycles. The Morgan fingerprint density at radius 2 is 1.87 bits per heavy atom. The molecule has 160 valence electrons. The van der Waals surface area contributed by atoms with Crippen LogP contribution < -0.4 is 10.1 Å². The van der Waals surface area contributed by atoms with Crippen LogP contribution in [0.1, 0.15) is 37.9 Å². The lowest BCUT2D eigenvalue weighted by atomic mass is 10.1. The molecule has 2 aromatic heterocycles. The Balaban J connectivity index is 1.41. The van der Waals surface area contributed by atoms with Crippen molar-refractivity contribution in [2.24, 2.45) is 0 Å². The fourth-order valence-electron chi connectivity index (χ4n) is 3.35. The number of nitrogens with one attached hydrogen (secondary N) is 1. The number of carbonyl (C=O) groups excluding carboxylic acids is 1. The summed E-state index contributed by atoms with van der Waals surface area (Å²) in [5.74, 6) is 0.769. The van der Waals surface area contributed by atoms with E-state index in [1.165, 1.54) is 5.56 Å². The first-order chi connectivity index (χ1) is 15.2. The summed E-state index contributed by atoms with van der Waals surface area (Å²) in [5.41, 5.74) is 5.02. The van der Waals surface area contributed by atoms with Gasteiger partial charge in [0.25, 0.3) is 0 Å². The van der Waals surface area contributed by atoms with Crippen molar-refractivity contribution in [1.82, 2.24) is 9.38 Å². The molecule has 4 aromatic rings. The highest BCUT2D eigenvalue weighted by atomic mass is 32.1. The van der Waals surface area contributed by atoms with Crippen LogP contribution in [0.15, 0.2) is 60.1 Å². The van der Waals surface area contributed by atoms with Crippen molar-refractivity contribution in [2.45, 2.75) is 39.5 Å². The van der Waals surface area contributed by atoms with E-state index in [1.807, 2.05) is 40.2 Å². The molecule has 0 spiro atoms. The average molecular weight is 434 g/mol. The lowest BCUT2D eigenvalue weighted by molar-refractivity contribution is -0.115. The summed E-state index contributed by atoms with van der Waals surface area (Å²) in [6.45, 7) is 5.00. The molecule has 1 amide bonds. The number of aromatic nitrogens is 2. The van der Waals surface area contributed by atoms with Crippen molar-refractivity contribution in [3.8, 4) is 17.0 Å². The number of amides is 1. The number of benzene rings is 2. The van der Waals surface area contributed by atoms with E-state index in [0.717, 1.165) is 52.6 Å². The van der Waals surface area contributed by atoms with E-state index in [4.69, 9.17) is 9.72 Å². The van der Waals surface area contributed by atoms with Crippen LogP contribution in [0.4, 0.5) is 5.69 Å². The minimum absolute atomic E-state index is 0.0538. The molecular weight excluding hydrogens is 406 g/mol. The van der Waals surface area contributed by atoms with Gasteiger partial charge < -0.3 is 10.1 Å². The molecule has 0 bridgehead atoms. The van der Waals surface area contributed by atoms with Gasteiger partial charge in [0.15, 0.2) is 4.96 Å². The van der Waals surface area contributed by atoms with Crippen LogP contribution in [0.5, 0.6) is 5.75 Å². The van der Waals surface area contributed by atoms with E-state index < -0.39 is 0 Å². The largest absolute Gasteiger partial charge is 0.494 e. The second-order valence-corrected chi connectivity index (χ2v) is 8.34. The molecule has 0 atom stereocenters. The van der Waals surface area contributed by atoms with Crippen molar-refractivity contribution in [2.75, 3.05) is 11.9 Å². The normalized spacial score (nSPS) is 11.0. The van der Waals surface area contributed by atoms with Gasteiger partial charge in [-0.25, -0.2) is 4.98 Å². The quantitative estimate of drug-likeness (QED) is 0.330. The second kappa shape index (κ2) is 9.79. The topological polar surface area (TPSA) is 55.6 Å². The fraction of sp³-hybridized carbons (Fsp3) is 0.280. The van der Waals surface area contributed by atoms with Crippen LogP contribution in [-0.4, -0.2) is 21.9 Å². The van der Waals surface area contributed by atoms with E-state index in [-0.39, 0.29) is 5.91 Å². The molecule has 2 aromatic carbocycles. The summed E-state index contributed by atoms with van der Waals surface area (Å²) in [6, 6.07) is 16.0. The Bertz CT molecular complexity index is 1140. The lowest BCUT2D eigenvalue weighted by Gasteiger charge is -2.08. The summed E-state index contributed by atoms with van der Waals surface area (Å²) in [6.07, 6.45) is 5.46. The number of fused-ring (bicyclic) bond motifs is 1. The molecule has 0 aliphatic carbocycles. The summed E-state index contributed by atoms with van der Waals surface area (Å²) in [4.78, 5) is 18.2. The number of anilines is 1. The summed E-state index contributed by atoms with van der Waals surface area (Å²) < 4.78 is 7.68. The molecule has 0 aliphatic rings. The highest BCUT2D eigenvalue weighted by molar-refractivity contribution is 7.15. The van der Waals surface area contributed by atoms with Gasteiger partial charge in [-0.3, -0.25) is 9.20 Å². The molecular formula is C25H27N3O2S. The predicted molar refractivity (Wildman–Crippen MR) is 127 cm³/mol. The van der Waals surface area contributed by atoms with Crippen LogP contribution in [0, 0.1) is 0 Å². The van der Waals surface area contributed by atoms with Crippen molar-refractivity contribution in [3.05, 3.63) is 71.4 Å². The van der Waals surface area contributed by atoms with Crippen LogP contribution in [-0.2, 0) is 17.6 Å². The summed E-state index contributed by atoms with van der Waals surface area (Å²) >= 11 is 1.55. The third-order valence-corrected chi connectivity index (χ3v) is 6.08. The van der Waals surface area contributed by atoms with Crippen molar-refractivity contribution in [3.63, 3.8) is 0 Å². The number of aryl methyl sites for hydroxylation is 1. The highest BCUT2D eigenvalue weighted by Gasteiger charge is 2.13. The van der Waals surface area contributed by atoms with E-state index in [2.05, 4.69) is 43.4 Å². The molecule has 0 radical (unpaired) electrons. The Hall–Kier alpha value is -3.12. The smallest absolute Gasteiger partial charge is 0.230 e. The maximum absolute atomic E-state index is 12.6. The molecule has 0 saturated heterocycles. The molecule has 4 rings (SSSR count). The third-order valence-electron chi connectivity index (χ3n) is 5.19. The van der Waals surface area contributed by atoms with E-state index in [1.54, 1.807) is 11.3 Å². The number of ether oxygens (including phenoxy) is 1. The van der Waals surface area contributed by atoms with Crippen LogP contribution >= 0.6 is 11.3 Å². The fourth-order valence-corrected chi connectivity index (χ4v) is 4.22. The third kappa shape index (κ3) is 5.14. The molecule has 31 heavy (non-hydrogen) atoms. The maximum atomic E-state index is 12.6.